The SMILES string of the molecule is CC(CNC(=O)/C=C/c1cc(Cl)c2c(c1)OCCO2)N1CCOCC1. The molecular weight excluding hydrogens is 344 g/mol. The quantitative estimate of drug-likeness (QED) is 0.807. The predicted molar refractivity (Wildman–Crippen MR) is 96.3 cm³/mol. The average molecular weight is 367 g/mol. The summed E-state index contributed by atoms with van der Waals surface area (Å²) in [5.74, 6) is 1.04. The largest absolute Gasteiger partial charge is 0.486 e. The number of nitrogens with zero attached hydrogens (tertiary/aromatic N) is 1. The number of fused-ring (bicyclic) bond motifs is 1. The summed E-state index contributed by atoms with van der Waals surface area (Å²) in [7, 11) is 0. The van der Waals surface area contributed by atoms with E-state index in [1.54, 1.807) is 12.1 Å². The molecule has 1 fully saturated rings. The molecule has 1 unspecified atom stereocenters. The van der Waals surface area contributed by atoms with Gasteiger partial charge in [-0.05, 0) is 30.7 Å². The second kappa shape index (κ2) is 8.56. The van der Waals surface area contributed by atoms with Crippen LogP contribution in [0.15, 0.2) is 18.2 Å². The molecule has 0 aliphatic carbocycles. The van der Waals surface area contributed by atoms with Gasteiger partial charge in [0.15, 0.2) is 11.5 Å². The van der Waals surface area contributed by atoms with Crippen LogP contribution in [-0.4, -0.2) is 62.9 Å². The van der Waals surface area contributed by atoms with Crippen LogP contribution >= 0.6 is 11.6 Å². The zero-order valence-electron chi connectivity index (χ0n) is 14.3. The van der Waals surface area contributed by atoms with E-state index in [1.165, 1.54) is 6.08 Å². The maximum absolute atomic E-state index is 12.0. The van der Waals surface area contributed by atoms with Crippen LogP contribution in [0, 0.1) is 0 Å². The topological polar surface area (TPSA) is 60.0 Å². The molecule has 0 saturated carbocycles. The van der Waals surface area contributed by atoms with Crippen LogP contribution in [0.25, 0.3) is 6.08 Å². The van der Waals surface area contributed by atoms with Gasteiger partial charge in [-0.3, -0.25) is 9.69 Å². The van der Waals surface area contributed by atoms with Gasteiger partial charge in [0.25, 0.3) is 0 Å². The van der Waals surface area contributed by atoms with E-state index in [1.807, 2.05) is 6.07 Å². The third-order valence-electron chi connectivity index (χ3n) is 4.29. The van der Waals surface area contributed by atoms with E-state index >= 15 is 0 Å². The summed E-state index contributed by atoms with van der Waals surface area (Å²) in [6.07, 6.45) is 3.23. The molecule has 0 radical (unpaired) electrons. The zero-order valence-corrected chi connectivity index (χ0v) is 15.1. The molecule has 1 atom stereocenters. The Bertz CT molecular complexity index is 644. The maximum atomic E-state index is 12.0. The molecule has 1 amide bonds. The summed E-state index contributed by atoms with van der Waals surface area (Å²) >= 11 is 6.20. The lowest BCUT2D eigenvalue weighted by atomic mass is 10.1. The van der Waals surface area contributed by atoms with Gasteiger partial charge in [0.1, 0.15) is 13.2 Å². The molecule has 6 nitrogen and oxygen atoms in total. The predicted octanol–water partition coefficient (Wildman–Crippen LogP) is 1.96. The highest BCUT2D eigenvalue weighted by Gasteiger charge is 2.17. The molecule has 0 aromatic heterocycles. The minimum atomic E-state index is -0.133. The normalized spacial score (nSPS) is 19.0. The van der Waals surface area contributed by atoms with Crippen LogP contribution < -0.4 is 14.8 Å². The second-order valence-corrected chi connectivity index (χ2v) is 6.51. The van der Waals surface area contributed by atoms with Crippen molar-refractivity contribution in [2.24, 2.45) is 0 Å². The third-order valence-corrected chi connectivity index (χ3v) is 4.57. The van der Waals surface area contributed by atoms with E-state index in [2.05, 4.69) is 17.1 Å². The summed E-state index contributed by atoms with van der Waals surface area (Å²) in [6.45, 7) is 7.01. The van der Waals surface area contributed by atoms with Crippen molar-refractivity contribution in [1.82, 2.24) is 10.2 Å². The standard InChI is InChI=1S/C18H23ClN2O4/c1-13(21-4-6-23-7-5-21)12-20-17(22)3-2-14-10-15(19)18-16(11-14)24-8-9-25-18/h2-3,10-11,13H,4-9,12H2,1H3,(H,20,22)/b3-2+. The van der Waals surface area contributed by atoms with Crippen molar-refractivity contribution in [1.29, 1.82) is 0 Å². The first kappa shape index (κ1) is 18.0. The highest BCUT2D eigenvalue weighted by molar-refractivity contribution is 6.32. The van der Waals surface area contributed by atoms with E-state index in [-0.39, 0.29) is 11.9 Å². The molecule has 3 rings (SSSR count). The van der Waals surface area contributed by atoms with Crippen LogP contribution in [0.3, 0.4) is 0 Å². The fourth-order valence-corrected chi connectivity index (χ4v) is 3.13. The van der Waals surface area contributed by atoms with Gasteiger partial charge in [-0.2, -0.15) is 0 Å². The first-order valence-electron chi connectivity index (χ1n) is 8.50. The molecule has 0 spiro atoms. The number of amides is 1. The van der Waals surface area contributed by atoms with Gasteiger partial charge < -0.3 is 19.5 Å². The molecule has 2 heterocycles. The molecule has 1 aromatic rings. The minimum Gasteiger partial charge on any atom is -0.486 e. The Kier molecular flexibility index (Phi) is 6.18. The molecule has 136 valence electrons. The van der Waals surface area contributed by atoms with Crippen LogP contribution in [0.1, 0.15) is 12.5 Å². The maximum Gasteiger partial charge on any atom is 0.244 e. The van der Waals surface area contributed by atoms with Gasteiger partial charge in [0.2, 0.25) is 5.91 Å². The number of hydrogen-bond acceptors (Lipinski definition) is 5. The van der Waals surface area contributed by atoms with E-state index in [0.717, 1.165) is 31.9 Å². The Morgan fingerprint density at radius 3 is 2.84 bits per heavy atom. The van der Waals surface area contributed by atoms with Crippen molar-refractivity contribution < 1.29 is 19.0 Å². The summed E-state index contributed by atoms with van der Waals surface area (Å²) in [4.78, 5) is 14.4. The first-order chi connectivity index (χ1) is 12.1. The molecule has 0 bridgehead atoms. The molecular formula is C18H23ClN2O4. The average Bonchev–Trinajstić information content (AvgIpc) is 2.65. The van der Waals surface area contributed by atoms with E-state index in [4.69, 9.17) is 25.8 Å². The van der Waals surface area contributed by atoms with Gasteiger partial charge in [-0.15, -0.1) is 0 Å². The highest BCUT2D eigenvalue weighted by atomic mass is 35.5. The monoisotopic (exact) mass is 366 g/mol. The lowest BCUT2D eigenvalue weighted by Gasteiger charge is -2.32. The van der Waals surface area contributed by atoms with Gasteiger partial charge >= 0.3 is 0 Å². The molecule has 7 heteroatoms. The van der Waals surface area contributed by atoms with Crippen LogP contribution in [0.2, 0.25) is 5.02 Å². The summed E-state index contributed by atoms with van der Waals surface area (Å²) in [5, 5.41) is 3.41. The fourth-order valence-electron chi connectivity index (χ4n) is 2.85. The summed E-state index contributed by atoms with van der Waals surface area (Å²) < 4.78 is 16.4. The second-order valence-electron chi connectivity index (χ2n) is 6.10. The van der Waals surface area contributed by atoms with Crippen molar-refractivity contribution in [2.45, 2.75) is 13.0 Å². The third kappa shape index (κ3) is 4.87. The lowest BCUT2D eigenvalue weighted by molar-refractivity contribution is -0.116. The van der Waals surface area contributed by atoms with Gasteiger partial charge in [0, 0.05) is 31.8 Å². The highest BCUT2D eigenvalue weighted by Crippen LogP contribution is 2.38. The minimum absolute atomic E-state index is 0.133. The zero-order chi connectivity index (χ0) is 17.6. The van der Waals surface area contributed by atoms with Crippen LogP contribution in [0.5, 0.6) is 11.5 Å². The van der Waals surface area contributed by atoms with Crippen molar-refractivity contribution in [2.75, 3.05) is 46.1 Å². The Labute approximate surface area is 152 Å². The number of nitrogens with one attached hydrogen (secondary N) is 1. The number of carbonyl (C=O) groups is 1. The smallest absolute Gasteiger partial charge is 0.244 e. The number of ether oxygens (including phenoxy) is 3. The molecule has 25 heavy (non-hydrogen) atoms. The van der Waals surface area contributed by atoms with Crippen molar-refractivity contribution in [3.8, 4) is 11.5 Å². The van der Waals surface area contributed by atoms with Crippen molar-refractivity contribution >= 4 is 23.6 Å². The van der Waals surface area contributed by atoms with E-state index < -0.39 is 0 Å². The van der Waals surface area contributed by atoms with Gasteiger partial charge in [-0.25, -0.2) is 0 Å². The number of halogens is 1. The molecule has 2 aliphatic rings. The number of morpholine rings is 1. The Hall–Kier alpha value is -1.76. The molecule has 1 aromatic carbocycles. The summed E-state index contributed by atoms with van der Waals surface area (Å²) in [5.41, 5.74) is 0.797. The number of hydrogen-bond donors (Lipinski definition) is 1. The van der Waals surface area contributed by atoms with Crippen LogP contribution in [-0.2, 0) is 9.53 Å². The Balaban J connectivity index is 1.53. The molecule has 2 aliphatic heterocycles. The van der Waals surface area contributed by atoms with E-state index in [9.17, 15) is 4.79 Å². The van der Waals surface area contributed by atoms with Gasteiger partial charge in [-0.1, -0.05) is 11.6 Å². The van der Waals surface area contributed by atoms with Crippen LogP contribution in [0.4, 0.5) is 0 Å². The lowest BCUT2D eigenvalue weighted by Crippen LogP contribution is -2.47. The van der Waals surface area contributed by atoms with E-state index in [0.29, 0.717) is 36.3 Å². The Morgan fingerprint density at radius 1 is 1.28 bits per heavy atom. The molecule has 1 saturated heterocycles. The number of carbonyl (C=O) groups excluding carboxylic acids is 1. The first-order valence-corrected chi connectivity index (χ1v) is 8.88. The number of rotatable bonds is 5. The summed E-state index contributed by atoms with van der Waals surface area (Å²) in [6, 6.07) is 3.86. The van der Waals surface area contributed by atoms with Crippen molar-refractivity contribution in [3.05, 3.63) is 28.8 Å². The fraction of sp³-hybridized carbons (Fsp3) is 0.500. The number of benzene rings is 1. The van der Waals surface area contributed by atoms with Gasteiger partial charge in [0.05, 0.1) is 18.2 Å². The molecule has 1 N–H and O–H groups in total. The Morgan fingerprint density at radius 2 is 2.04 bits per heavy atom. The van der Waals surface area contributed by atoms with Crippen molar-refractivity contribution in [3.63, 3.8) is 0 Å².